The Balaban J connectivity index is 1.61. The molecule has 1 saturated carbocycles. The molecule has 0 bridgehead atoms. The molecule has 27 heavy (non-hydrogen) atoms. The van der Waals surface area contributed by atoms with E-state index in [2.05, 4.69) is 0 Å². The maximum Gasteiger partial charge on any atom is 0.374 e. The van der Waals surface area contributed by atoms with E-state index in [1.165, 1.54) is 0 Å². The average Bonchev–Trinajstić information content (AvgIpc) is 3.42. The summed E-state index contributed by atoms with van der Waals surface area (Å²) < 4.78 is 10.6. The number of hydrogen-bond donors (Lipinski definition) is 0. The van der Waals surface area contributed by atoms with E-state index >= 15 is 0 Å². The monoisotopic (exact) mass is 373 g/mol. The van der Waals surface area contributed by atoms with Crippen molar-refractivity contribution >= 4 is 17.7 Å². The van der Waals surface area contributed by atoms with Gasteiger partial charge in [0, 0.05) is 24.9 Å². The third kappa shape index (κ3) is 4.75. The molecule has 0 unspecified atom stereocenters. The van der Waals surface area contributed by atoms with E-state index in [0.717, 1.165) is 37.9 Å². The number of likely N-dealkylation sites (tertiary alicyclic amines) is 1. The summed E-state index contributed by atoms with van der Waals surface area (Å²) in [5, 5.41) is 0. The van der Waals surface area contributed by atoms with Crippen LogP contribution in [0.15, 0.2) is 30.3 Å². The minimum absolute atomic E-state index is 0.0225. The van der Waals surface area contributed by atoms with E-state index in [4.69, 9.17) is 9.47 Å². The predicted octanol–water partition coefficient (Wildman–Crippen LogP) is 2.21. The van der Waals surface area contributed by atoms with Crippen LogP contribution in [0.2, 0.25) is 0 Å². The van der Waals surface area contributed by atoms with Gasteiger partial charge in [0.25, 0.3) is 0 Å². The van der Waals surface area contributed by atoms with Crippen molar-refractivity contribution < 1.29 is 23.9 Å². The highest BCUT2D eigenvalue weighted by Crippen LogP contribution is 2.49. The smallest absolute Gasteiger partial charge is 0.374 e. The lowest BCUT2D eigenvalue weighted by atomic mass is 10.1. The summed E-state index contributed by atoms with van der Waals surface area (Å²) in [5.74, 6) is -2.79. The molecule has 1 saturated heterocycles. The molecule has 6 heteroatoms. The first-order chi connectivity index (χ1) is 13.1. The first-order valence-electron chi connectivity index (χ1n) is 9.75. The Kier molecular flexibility index (Phi) is 6.61. The van der Waals surface area contributed by atoms with Crippen LogP contribution in [0.1, 0.15) is 31.7 Å². The standard InChI is InChI=1S/C21H27NO5/c1-2-27-21(25)19(23)17-16(14-26-13-15-9-5-3-6-10-15)18(17)20(24)22-11-7-4-8-12-22/h3,5-6,9-10,16-18H,2,4,7-8,11-14H2,1H3/t16-,17-,18+/m0/s1. The minimum atomic E-state index is -0.843. The number of carbonyl (C=O) groups is 3. The number of Topliss-reactive ketones (excluding diaryl/α,β-unsaturated/α-hetero) is 1. The van der Waals surface area contributed by atoms with E-state index in [0.29, 0.717) is 6.61 Å². The highest BCUT2D eigenvalue weighted by atomic mass is 16.5. The number of hydrogen-bond acceptors (Lipinski definition) is 5. The van der Waals surface area contributed by atoms with E-state index in [-0.39, 0.29) is 25.0 Å². The van der Waals surface area contributed by atoms with Crippen LogP contribution >= 0.6 is 0 Å². The van der Waals surface area contributed by atoms with Gasteiger partial charge in [0.1, 0.15) is 0 Å². The van der Waals surface area contributed by atoms with Gasteiger partial charge in [-0.25, -0.2) is 4.79 Å². The number of carbonyl (C=O) groups excluding carboxylic acids is 3. The van der Waals surface area contributed by atoms with Gasteiger partial charge in [-0.2, -0.15) is 0 Å². The van der Waals surface area contributed by atoms with Crippen molar-refractivity contribution in [2.24, 2.45) is 17.8 Å². The molecular formula is C21H27NO5. The fourth-order valence-electron chi connectivity index (χ4n) is 3.83. The SMILES string of the molecule is CCOC(=O)C(=O)[C@H]1[C@H](COCc2ccccc2)[C@H]1C(=O)N1CCCCC1. The van der Waals surface area contributed by atoms with Gasteiger partial charge < -0.3 is 14.4 Å². The van der Waals surface area contributed by atoms with Crippen LogP contribution in [0.3, 0.4) is 0 Å². The summed E-state index contributed by atoms with van der Waals surface area (Å²) in [6.45, 7) is 3.98. The van der Waals surface area contributed by atoms with Crippen LogP contribution in [-0.4, -0.2) is 48.9 Å². The van der Waals surface area contributed by atoms with Crippen molar-refractivity contribution in [3.8, 4) is 0 Å². The number of amides is 1. The maximum atomic E-state index is 12.9. The van der Waals surface area contributed by atoms with Crippen molar-refractivity contribution in [2.75, 3.05) is 26.3 Å². The van der Waals surface area contributed by atoms with Gasteiger partial charge in [-0.05, 0) is 31.7 Å². The van der Waals surface area contributed by atoms with E-state index in [9.17, 15) is 14.4 Å². The summed E-state index contributed by atoms with van der Waals surface area (Å²) in [5.41, 5.74) is 1.03. The number of piperidine rings is 1. The molecule has 0 radical (unpaired) electrons. The predicted molar refractivity (Wildman–Crippen MR) is 98.6 cm³/mol. The van der Waals surface area contributed by atoms with Gasteiger partial charge in [-0.15, -0.1) is 0 Å². The molecule has 2 fully saturated rings. The van der Waals surface area contributed by atoms with Crippen LogP contribution in [0.5, 0.6) is 0 Å². The first-order valence-corrected chi connectivity index (χ1v) is 9.75. The Morgan fingerprint density at radius 3 is 2.41 bits per heavy atom. The Morgan fingerprint density at radius 2 is 1.74 bits per heavy atom. The lowest BCUT2D eigenvalue weighted by molar-refractivity contribution is -0.154. The number of esters is 1. The molecule has 3 atom stereocenters. The third-order valence-corrected chi connectivity index (χ3v) is 5.32. The molecular weight excluding hydrogens is 346 g/mol. The second-order valence-corrected chi connectivity index (χ2v) is 7.19. The molecule has 1 amide bonds. The lowest BCUT2D eigenvalue weighted by Crippen LogP contribution is -2.37. The van der Waals surface area contributed by atoms with Gasteiger partial charge in [0.15, 0.2) is 0 Å². The lowest BCUT2D eigenvalue weighted by Gasteiger charge is -2.27. The number of benzene rings is 1. The van der Waals surface area contributed by atoms with Crippen LogP contribution in [-0.2, 0) is 30.5 Å². The highest BCUT2D eigenvalue weighted by Gasteiger charge is 2.61. The van der Waals surface area contributed by atoms with Crippen LogP contribution in [0.25, 0.3) is 0 Å². The van der Waals surface area contributed by atoms with E-state index < -0.39 is 23.6 Å². The summed E-state index contributed by atoms with van der Waals surface area (Å²) in [7, 11) is 0. The molecule has 1 aliphatic heterocycles. The first kappa shape index (κ1) is 19.5. The average molecular weight is 373 g/mol. The van der Waals surface area contributed by atoms with Crippen LogP contribution in [0.4, 0.5) is 0 Å². The Morgan fingerprint density at radius 1 is 1.04 bits per heavy atom. The second kappa shape index (κ2) is 9.13. The Labute approximate surface area is 159 Å². The Bertz CT molecular complexity index is 668. The van der Waals surface area contributed by atoms with Crippen LogP contribution in [0, 0.1) is 17.8 Å². The third-order valence-electron chi connectivity index (χ3n) is 5.32. The fourth-order valence-corrected chi connectivity index (χ4v) is 3.83. The minimum Gasteiger partial charge on any atom is -0.460 e. The number of nitrogens with zero attached hydrogens (tertiary/aromatic N) is 1. The molecule has 1 aliphatic carbocycles. The second-order valence-electron chi connectivity index (χ2n) is 7.19. The zero-order valence-electron chi connectivity index (χ0n) is 15.8. The zero-order chi connectivity index (χ0) is 19.2. The molecule has 0 spiro atoms. The largest absolute Gasteiger partial charge is 0.460 e. The van der Waals surface area contributed by atoms with Crippen LogP contribution < -0.4 is 0 Å². The number of ketones is 1. The summed E-state index contributed by atoms with van der Waals surface area (Å²) >= 11 is 0. The van der Waals surface area contributed by atoms with Crippen molar-refractivity contribution in [3.05, 3.63) is 35.9 Å². The van der Waals surface area contributed by atoms with E-state index in [1.54, 1.807) is 6.92 Å². The molecule has 0 aromatic heterocycles. The molecule has 1 aromatic carbocycles. The molecule has 1 heterocycles. The topological polar surface area (TPSA) is 72.9 Å². The molecule has 6 nitrogen and oxygen atoms in total. The van der Waals surface area contributed by atoms with Gasteiger partial charge in [-0.1, -0.05) is 30.3 Å². The molecule has 3 rings (SSSR count). The molecule has 0 N–H and O–H groups in total. The summed E-state index contributed by atoms with van der Waals surface area (Å²) in [4.78, 5) is 39.0. The quantitative estimate of drug-likeness (QED) is 0.516. The Hall–Kier alpha value is -2.21. The molecule has 1 aromatic rings. The number of rotatable bonds is 8. The molecule has 146 valence electrons. The zero-order valence-corrected chi connectivity index (χ0v) is 15.8. The van der Waals surface area contributed by atoms with Crippen molar-refractivity contribution in [1.29, 1.82) is 0 Å². The summed E-state index contributed by atoms with van der Waals surface area (Å²) in [6.07, 6.45) is 3.11. The van der Waals surface area contributed by atoms with Gasteiger partial charge in [0.2, 0.25) is 11.7 Å². The van der Waals surface area contributed by atoms with Gasteiger partial charge in [0.05, 0.1) is 25.7 Å². The fraction of sp³-hybridized carbons (Fsp3) is 0.571. The normalized spacial score (nSPS) is 24.3. The maximum absolute atomic E-state index is 12.9. The summed E-state index contributed by atoms with van der Waals surface area (Å²) in [6, 6.07) is 9.73. The number of ether oxygens (including phenoxy) is 2. The van der Waals surface area contributed by atoms with Crippen molar-refractivity contribution in [3.63, 3.8) is 0 Å². The van der Waals surface area contributed by atoms with Gasteiger partial charge in [-0.3, -0.25) is 9.59 Å². The van der Waals surface area contributed by atoms with Crippen molar-refractivity contribution in [2.45, 2.75) is 32.8 Å². The van der Waals surface area contributed by atoms with Gasteiger partial charge >= 0.3 is 5.97 Å². The highest BCUT2D eigenvalue weighted by molar-refractivity contribution is 6.36. The van der Waals surface area contributed by atoms with E-state index in [1.807, 2.05) is 35.2 Å². The van der Waals surface area contributed by atoms with Crippen molar-refractivity contribution in [1.82, 2.24) is 4.90 Å². The molecule has 2 aliphatic rings.